The van der Waals surface area contributed by atoms with Gasteiger partial charge in [-0.2, -0.15) is 0 Å². The van der Waals surface area contributed by atoms with E-state index >= 15 is 0 Å². The van der Waals surface area contributed by atoms with Crippen molar-refractivity contribution in [1.29, 1.82) is 0 Å². The van der Waals surface area contributed by atoms with Gasteiger partial charge in [0, 0.05) is 6.54 Å². The Morgan fingerprint density at radius 2 is 1.90 bits per heavy atom. The van der Waals surface area contributed by atoms with Gasteiger partial charge in [0.15, 0.2) is 6.61 Å². The molecule has 1 aromatic carbocycles. The summed E-state index contributed by atoms with van der Waals surface area (Å²) >= 11 is 0. The van der Waals surface area contributed by atoms with Crippen LogP contribution < -0.4 is 4.74 Å². The molecule has 5 nitrogen and oxygen atoms in total. The lowest BCUT2D eigenvalue weighted by molar-refractivity contribution is -0.149. The van der Waals surface area contributed by atoms with Crippen LogP contribution in [0.15, 0.2) is 12.1 Å². The zero-order chi connectivity index (χ0) is 15.6. The number of carboxylic acids is 1. The standard InChI is InChI=1S/C16H21NO4/c1-10-7-11(2)15(12(3)8-10)21-9-14(18)17-6-4-5-13(17)16(19)20/h7-8,13H,4-6,9H2,1-3H3,(H,19,20)/t13-/m0/s1. The SMILES string of the molecule is Cc1cc(C)c(OCC(=O)N2CCC[C@H]2C(=O)O)c(C)c1. The Hall–Kier alpha value is -2.04. The van der Waals surface area contributed by atoms with E-state index in [0.29, 0.717) is 18.7 Å². The number of hydrogen-bond donors (Lipinski definition) is 1. The number of amides is 1. The second-order valence-corrected chi connectivity index (χ2v) is 5.60. The molecule has 1 fully saturated rings. The number of likely N-dealkylation sites (tertiary alicyclic amines) is 1. The molecule has 114 valence electrons. The number of rotatable bonds is 4. The van der Waals surface area contributed by atoms with Gasteiger partial charge in [0.1, 0.15) is 11.8 Å². The van der Waals surface area contributed by atoms with Crippen LogP contribution in [-0.2, 0) is 9.59 Å². The zero-order valence-corrected chi connectivity index (χ0v) is 12.7. The molecule has 0 spiro atoms. The molecule has 0 radical (unpaired) electrons. The molecule has 0 saturated carbocycles. The molecule has 1 atom stereocenters. The Bertz CT molecular complexity index is 544. The molecule has 1 heterocycles. The lowest BCUT2D eigenvalue weighted by Gasteiger charge is -2.22. The molecule has 0 aromatic heterocycles. The third kappa shape index (κ3) is 3.35. The van der Waals surface area contributed by atoms with Crippen LogP contribution in [0.2, 0.25) is 0 Å². The summed E-state index contributed by atoms with van der Waals surface area (Å²) in [5.41, 5.74) is 3.11. The van der Waals surface area contributed by atoms with Crippen molar-refractivity contribution in [3.63, 3.8) is 0 Å². The van der Waals surface area contributed by atoms with Gasteiger partial charge >= 0.3 is 5.97 Å². The first-order valence-corrected chi connectivity index (χ1v) is 7.13. The second kappa shape index (κ2) is 6.16. The number of aliphatic carboxylic acids is 1. The number of carbonyl (C=O) groups excluding carboxylic acids is 1. The fraction of sp³-hybridized carbons (Fsp3) is 0.500. The Balaban J connectivity index is 2.03. The van der Waals surface area contributed by atoms with E-state index < -0.39 is 12.0 Å². The minimum Gasteiger partial charge on any atom is -0.483 e. The summed E-state index contributed by atoms with van der Waals surface area (Å²) < 4.78 is 5.64. The molecule has 0 bridgehead atoms. The van der Waals surface area contributed by atoms with Crippen molar-refractivity contribution < 1.29 is 19.4 Å². The first-order valence-electron chi connectivity index (χ1n) is 7.13. The van der Waals surface area contributed by atoms with Gasteiger partial charge in [-0.3, -0.25) is 4.79 Å². The summed E-state index contributed by atoms with van der Waals surface area (Å²) in [5.74, 6) is -0.497. The quantitative estimate of drug-likeness (QED) is 0.922. The number of hydrogen-bond acceptors (Lipinski definition) is 3. The van der Waals surface area contributed by atoms with Gasteiger partial charge in [0.05, 0.1) is 0 Å². The summed E-state index contributed by atoms with van der Waals surface area (Å²) in [6, 6.07) is 3.30. The van der Waals surface area contributed by atoms with E-state index in [2.05, 4.69) is 0 Å². The molecule has 1 aliphatic rings. The van der Waals surface area contributed by atoms with Gasteiger partial charge in [-0.1, -0.05) is 17.7 Å². The van der Waals surface area contributed by atoms with Crippen molar-refractivity contribution in [3.8, 4) is 5.75 Å². The highest BCUT2D eigenvalue weighted by atomic mass is 16.5. The first kappa shape index (κ1) is 15.4. The zero-order valence-electron chi connectivity index (χ0n) is 12.7. The molecule has 1 aromatic rings. The normalized spacial score (nSPS) is 17.9. The summed E-state index contributed by atoms with van der Waals surface area (Å²) in [7, 11) is 0. The number of aryl methyl sites for hydroxylation is 3. The molecule has 2 rings (SSSR count). The number of benzene rings is 1. The number of carboxylic acid groups (broad SMARTS) is 1. The van der Waals surface area contributed by atoms with Gasteiger partial charge in [-0.05, 0) is 44.7 Å². The smallest absolute Gasteiger partial charge is 0.326 e. The minimum atomic E-state index is -0.941. The van der Waals surface area contributed by atoms with Crippen molar-refractivity contribution in [2.75, 3.05) is 13.2 Å². The van der Waals surface area contributed by atoms with Crippen molar-refractivity contribution in [2.45, 2.75) is 39.7 Å². The monoisotopic (exact) mass is 291 g/mol. The van der Waals surface area contributed by atoms with Crippen LogP contribution in [0.25, 0.3) is 0 Å². The lowest BCUT2D eigenvalue weighted by atomic mass is 10.1. The Morgan fingerprint density at radius 1 is 1.29 bits per heavy atom. The minimum absolute atomic E-state index is 0.117. The van der Waals surface area contributed by atoms with Crippen molar-refractivity contribution in [1.82, 2.24) is 4.90 Å². The lowest BCUT2D eigenvalue weighted by Crippen LogP contribution is -2.42. The Morgan fingerprint density at radius 3 is 2.48 bits per heavy atom. The van der Waals surface area contributed by atoms with Crippen LogP contribution in [0, 0.1) is 20.8 Å². The van der Waals surface area contributed by atoms with Crippen LogP contribution in [-0.4, -0.2) is 41.1 Å². The molecule has 5 heteroatoms. The van der Waals surface area contributed by atoms with Gasteiger partial charge in [-0.25, -0.2) is 4.79 Å². The van der Waals surface area contributed by atoms with E-state index in [9.17, 15) is 9.59 Å². The highest BCUT2D eigenvalue weighted by Gasteiger charge is 2.34. The van der Waals surface area contributed by atoms with Gasteiger partial charge in [0.2, 0.25) is 0 Å². The van der Waals surface area contributed by atoms with Crippen molar-refractivity contribution >= 4 is 11.9 Å². The summed E-state index contributed by atoms with van der Waals surface area (Å²) in [6.07, 6.45) is 1.24. The largest absolute Gasteiger partial charge is 0.483 e. The topological polar surface area (TPSA) is 66.8 Å². The maximum atomic E-state index is 12.2. The van der Waals surface area contributed by atoms with Crippen LogP contribution in [0.1, 0.15) is 29.5 Å². The molecule has 1 amide bonds. The molecule has 0 unspecified atom stereocenters. The number of nitrogens with zero attached hydrogens (tertiary/aromatic N) is 1. The maximum Gasteiger partial charge on any atom is 0.326 e. The Labute approximate surface area is 124 Å². The molecule has 1 N–H and O–H groups in total. The maximum absolute atomic E-state index is 12.2. The second-order valence-electron chi connectivity index (χ2n) is 5.60. The average molecular weight is 291 g/mol. The van der Waals surface area contributed by atoms with Crippen LogP contribution in [0.3, 0.4) is 0 Å². The summed E-state index contributed by atoms with van der Waals surface area (Å²) in [6.45, 7) is 6.27. The molecule has 1 aliphatic heterocycles. The van der Waals surface area contributed by atoms with Crippen LogP contribution >= 0.6 is 0 Å². The summed E-state index contributed by atoms with van der Waals surface area (Å²) in [4.78, 5) is 24.7. The van der Waals surface area contributed by atoms with E-state index in [1.807, 2.05) is 32.9 Å². The molecule has 0 aliphatic carbocycles. The van der Waals surface area contributed by atoms with E-state index in [1.165, 1.54) is 4.90 Å². The van der Waals surface area contributed by atoms with Crippen LogP contribution in [0.5, 0.6) is 5.75 Å². The molecule has 21 heavy (non-hydrogen) atoms. The van der Waals surface area contributed by atoms with Gasteiger partial charge in [0.25, 0.3) is 5.91 Å². The molecular weight excluding hydrogens is 270 g/mol. The Kier molecular flexibility index (Phi) is 4.50. The first-order chi connectivity index (χ1) is 9.90. The molecular formula is C16H21NO4. The van der Waals surface area contributed by atoms with E-state index in [1.54, 1.807) is 0 Å². The van der Waals surface area contributed by atoms with Gasteiger partial charge in [-0.15, -0.1) is 0 Å². The van der Waals surface area contributed by atoms with E-state index in [-0.39, 0.29) is 12.5 Å². The predicted octanol–water partition coefficient (Wildman–Crippen LogP) is 2.07. The third-order valence-corrected chi connectivity index (χ3v) is 3.80. The number of carbonyl (C=O) groups is 2. The van der Waals surface area contributed by atoms with Crippen molar-refractivity contribution in [3.05, 3.63) is 28.8 Å². The fourth-order valence-corrected chi connectivity index (χ4v) is 2.93. The predicted molar refractivity (Wildman–Crippen MR) is 78.5 cm³/mol. The third-order valence-electron chi connectivity index (χ3n) is 3.80. The van der Waals surface area contributed by atoms with Gasteiger partial charge < -0.3 is 14.7 Å². The van der Waals surface area contributed by atoms with Crippen molar-refractivity contribution in [2.24, 2.45) is 0 Å². The fourth-order valence-electron chi connectivity index (χ4n) is 2.93. The highest BCUT2D eigenvalue weighted by molar-refractivity contribution is 5.85. The van der Waals surface area contributed by atoms with E-state index in [4.69, 9.17) is 9.84 Å². The van der Waals surface area contributed by atoms with E-state index in [0.717, 1.165) is 23.1 Å². The molecule has 1 saturated heterocycles. The summed E-state index contributed by atoms with van der Waals surface area (Å²) in [5, 5.41) is 9.10. The number of ether oxygens (including phenoxy) is 1. The van der Waals surface area contributed by atoms with Crippen LogP contribution in [0.4, 0.5) is 0 Å². The average Bonchev–Trinajstić information content (AvgIpc) is 2.86. The highest BCUT2D eigenvalue weighted by Crippen LogP contribution is 2.25.